The Hall–Kier alpha value is -2.74. The van der Waals surface area contributed by atoms with E-state index in [4.69, 9.17) is 9.47 Å². The van der Waals surface area contributed by atoms with Crippen molar-refractivity contribution in [1.29, 1.82) is 0 Å². The van der Waals surface area contributed by atoms with Crippen LogP contribution < -0.4 is 9.47 Å². The van der Waals surface area contributed by atoms with E-state index in [9.17, 15) is 0 Å². The maximum atomic E-state index is 6.01. The van der Waals surface area contributed by atoms with E-state index in [0.29, 0.717) is 13.2 Å². The zero-order chi connectivity index (χ0) is 17.5. The molecule has 0 heterocycles. The molecule has 0 bridgehead atoms. The molecule has 0 aliphatic rings. The van der Waals surface area contributed by atoms with Gasteiger partial charge in [-0.1, -0.05) is 66.2 Å². The Labute approximate surface area is 150 Å². The fourth-order valence-corrected chi connectivity index (χ4v) is 2.82. The lowest BCUT2D eigenvalue weighted by atomic mass is 10.1. The van der Waals surface area contributed by atoms with Gasteiger partial charge in [0.25, 0.3) is 0 Å². The number of rotatable bonds is 7. The Morgan fingerprint density at radius 1 is 0.720 bits per heavy atom. The van der Waals surface area contributed by atoms with Crippen molar-refractivity contribution in [2.24, 2.45) is 0 Å². The first-order valence-corrected chi connectivity index (χ1v) is 8.67. The number of hydrogen-bond acceptors (Lipinski definition) is 2. The highest BCUT2D eigenvalue weighted by Crippen LogP contribution is 2.22. The molecule has 3 aromatic rings. The van der Waals surface area contributed by atoms with Crippen molar-refractivity contribution in [2.75, 3.05) is 6.61 Å². The molecule has 0 saturated carbocycles. The highest BCUT2D eigenvalue weighted by atomic mass is 16.5. The molecule has 3 aromatic carbocycles. The van der Waals surface area contributed by atoms with E-state index in [1.165, 1.54) is 22.3 Å². The third-order valence-corrected chi connectivity index (χ3v) is 4.17. The molecule has 0 atom stereocenters. The fourth-order valence-electron chi connectivity index (χ4n) is 2.82. The summed E-state index contributed by atoms with van der Waals surface area (Å²) >= 11 is 0. The maximum Gasteiger partial charge on any atom is 0.123 e. The Balaban J connectivity index is 1.59. The molecule has 0 fully saturated rings. The van der Waals surface area contributed by atoms with Crippen molar-refractivity contribution in [2.45, 2.75) is 26.9 Å². The largest absolute Gasteiger partial charge is 0.493 e. The number of aryl methyl sites for hydroxylation is 2. The summed E-state index contributed by atoms with van der Waals surface area (Å²) < 4.78 is 12.0. The summed E-state index contributed by atoms with van der Waals surface area (Å²) in [4.78, 5) is 0. The Kier molecular flexibility index (Phi) is 5.73. The quantitative estimate of drug-likeness (QED) is 0.568. The van der Waals surface area contributed by atoms with Gasteiger partial charge >= 0.3 is 0 Å². The van der Waals surface area contributed by atoms with Gasteiger partial charge in [0.1, 0.15) is 18.1 Å². The third-order valence-electron chi connectivity index (χ3n) is 4.17. The van der Waals surface area contributed by atoms with Crippen molar-refractivity contribution in [3.05, 3.63) is 95.1 Å². The van der Waals surface area contributed by atoms with Crippen LogP contribution in [0.5, 0.6) is 11.5 Å². The molecule has 2 nitrogen and oxygen atoms in total. The first-order valence-electron chi connectivity index (χ1n) is 8.67. The highest BCUT2D eigenvalue weighted by molar-refractivity contribution is 5.36. The normalized spacial score (nSPS) is 10.5. The predicted molar refractivity (Wildman–Crippen MR) is 102 cm³/mol. The average Bonchev–Trinajstić information content (AvgIpc) is 2.63. The molecule has 0 aromatic heterocycles. The van der Waals surface area contributed by atoms with Gasteiger partial charge in [0.2, 0.25) is 0 Å². The topological polar surface area (TPSA) is 18.5 Å². The zero-order valence-electron chi connectivity index (χ0n) is 14.9. The van der Waals surface area contributed by atoms with Crippen LogP contribution in [0.15, 0.2) is 72.8 Å². The molecule has 2 heteroatoms. The van der Waals surface area contributed by atoms with Gasteiger partial charge in [-0.05, 0) is 42.7 Å². The van der Waals surface area contributed by atoms with Crippen LogP contribution in [-0.2, 0) is 13.0 Å². The first-order chi connectivity index (χ1) is 12.2. The average molecular weight is 332 g/mol. The second kappa shape index (κ2) is 8.39. The van der Waals surface area contributed by atoms with Crippen LogP contribution in [0.4, 0.5) is 0 Å². The predicted octanol–water partition coefficient (Wildman–Crippen LogP) is 5.50. The van der Waals surface area contributed by atoms with Crippen LogP contribution in [0.25, 0.3) is 0 Å². The van der Waals surface area contributed by atoms with Gasteiger partial charge in [-0.15, -0.1) is 0 Å². The molecule has 128 valence electrons. The van der Waals surface area contributed by atoms with Crippen LogP contribution in [-0.4, -0.2) is 6.61 Å². The lowest BCUT2D eigenvalue weighted by molar-refractivity contribution is 0.293. The molecule has 0 N–H and O–H groups in total. The highest BCUT2D eigenvalue weighted by Gasteiger charge is 2.05. The number of para-hydroxylation sites is 1. The van der Waals surface area contributed by atoms with E-state index in [1.54, 1.807) is 0 Å². The van der Waals surface area contributed by atoms with Crippen LogP contribution in [0.3, 0.4) is 0 Å². The minimum atomic E-state index is 0.579. The molecule has 3 rings (SSSR count). The Morgan fingerprint density at radius 3 is 2.28 bits per heavy atom. The van der Waals surface area contributed by atoms with Crippen LogP contribution in [0, 0.1) is 13.8 Å². The molecule has 0 unspecified atom stereocenters. The van der Waals surface area contributed by atoms with E-state index < -0.39 is 0 Å². The van der Waals surface area contributed by atoms with E-state index in [0.717, 1.165) is 17.9 Å². The van der Waals surface area contributed by atoms with Gasteiger partial charge in [0, 0.05) is 6.42 Å². The number of hydrogen-bond donors (Lipinski definition) is 0. The van der Waals surface area contributed by atoms with E-state index >= 15 is 0 Å². The lowest BCUT2D eigenvalue weighted by Crippen LogP contribution is -2.05. The molecule has 0 aliphatic carbocycles. The number of ether oxygens (including phenoxy) is 2. The standard InChI is InChI=1S/C23H24O2/c1-18-12-13-22(19(2)16-18)24-15-14-21-10-6-7-11-23(21)25-17-20-8-4-3-5-9-20/h3-13,16H,14-15,17H2,1-2H3. The van der Waals surface area contributed by atoms with Gasteiger partial charge in [-0.25, -0.2) is 0 Å². The Bertz CT molecular complexity index is 809. The van der Waals surface area contributed by atoms with Crippen molar-refractivity contribution in [1.82, 2.24) is 0 Å². The summed E-state index contributed by atoms with van der Waals surface area (Å²) in [6.07, 6.45) is 0.818. The molecular weight excluding hydrogens is 308 g/mol. The van der Waals surface area contributed by atoms with E-state index in [2.05, 4.69) is 44.2 Å². The van der Waals surface area contributed by atoms with E-state index in [1.807, 2.05) is 42.5 Å². The fraction of sp³-hybridized carbons (Fsp3) is 0.217. The zero-order valence-corrected chi connectivity index (χ0v) is 14.9. The minimum Gasteiger partial charge on any atom is -0.493 e. The third kappa shape index (κ3) is 4.87. The minimum absolute atomic E-state index is 0.579. The van der Waals surface area contributed by atoms with Gasteiger partial charge in [0.05, 0.1) is 6.61 Å². The van der Waals surface area contributed by atoms with Crippen LogP contribution in [0.2, 0.25) is 0 Å². The summed E-state index contributed by atoms with van der Waals surface area (Å²) in [7, 11) is 0. The summed E-state index contributed by atoms with van der Waals surface area (Å²) in [6, 6.07) is 24.7. The molecular formula is C23H24O2. The van der Waals surface area contributed by atoms with Gasteiger partial charge < -0.3 is 9.47 Å². The molecule has 25 heavy (non-hydrogen) atoms. The summed E-state index contributed by atoms with van der Waals surface area (Å²) in [6.45, 7) is 5.39. The van der Waals surface area contributed by atoms with Crippen molar-refractivity contribution in [3.63, 3.8) is 0 Å². The summed E-state index contributed by atoms with van der Waals surface area (Å²) in [5, 5.41) is 0. The second-order valence-corrected chi connectivity index (χ2v) is 6.25. The smallest absolute Gasteiger partial charge is 0.123 e. The van der Waals surface area contributed by atoms with Gasteiger partial charge in [-0.3, -0.25) is 0 Å². The Morgan fingerprint density at radius 2 is 1.48 bits per heavy atom. The molecule has 0 aliphatic heterocycles. The molecule has 0 saturated heterocycles. The maximum absolute atomic E-state index is 6.01. The van der Waals surface area contributed by atoms with Crippen LogP contribution >= 0.6 is 0 Å². The number of benzene rings is 3. The van der Waals surface area contributed by atoms with Gasteiger partial charge in [0.15, 0.2) is 0 Å². The van der Waals surface area contributed by atoms with Gasteiger partial charge in [-0.2, -0.15) is 0 Å². The molecule has 0 radical (unpaired) electrons. The monoisotopic (exact) mass is 332 g/mol. The first kappa shape index (κ1) is 17.1. The van der Waals surface area contributed by atoms with E-state index in [-0.39, 0.29) is 0 Å². The molecule has 0 amide bonds. The lowest BCUT2D eigenvalue weighted by Gasteiger charge is -2.13. The van der Waals surface area contributed by atoms with Crippen LogP contribution in [0.1, 0.15) is 22.3 Å². The van der Waals surface area contributed by atoms with Crippen molar-refractivity contribution >= 4 is 0 Å². The second-order valence-electron chi connectivity index (χ2n) is 6.25. The van der Waals surface area contributed by atoms with Crippen molar-refractivity contribution in [3.8, 4) is 11.5 Å². The summed E-state index contributed by atoms with van der Waals surface area (Å²) in [5.41, 5.74) is 4.77. The SMILES string of the molecule is Cc1ccc(OCCc2ccccc2OCc2ccccc2)c(C)c1. The molecule has 0 spiro atoms. The van der Waals surface area contributed by atoms with Crippen molar-refractivity contribution < 1.29 is 9.47 Å². The summed E-state index contributed by atoms with van der Waals surface area (Å²) in [5.74, 6) is 1.88.